The molecule has 1 unspecified atom stereocenters. The van der Waals surface area contributed by atoms with Crippen molar-refractivity contribution >= 4 is 29.1 Å². The first-order valence-corrected chi connectivity index (χ1v) is 8.97. The minimum Gasteiger partial charge on any atom is -0.493 e. The van der Waals surface area contributed by atoms with Gasteiger partial charge in [-0.15, -0.1) is 0 Å². The Morgan fingerprint density at radius 1 is 1.15 bits per heavy atom. The van der Waals surface area contributed by atoms with Crippen LogP contribution in [-0.4, -0.2) is 32.1 Å². The van der Waals surface area contributed by atoms with Gasteiger partial charge in [-0.25, -0.2) is 0 Å². The minimum atomic E-state index is -0.529. The van der Waals surface area contributed by atoms with E-state index in [9.17, 15) is 9.59 Å². The molecule has 1 aliphatic rings. The van der Waals surface area contributed by atoms with Crippen molar-refractivity contribution in [2.45, 2.75) is 25.4 Å². The number of benzene rings is 2. The fourth-order valence-corrected chi connectivity index (χ4v) is 3.28. The predicted molar refractivity (Wildman–Crippen MR) is 103 cm³/mol. The number of amides is 2. The number of halogens is 1. The lowest BCUT2D eigenvalue weighted by Gasteiger charge is -2.24. The Labute approximate surface area is 163 Å². The summed E-state index contributed by atoms with van der Waals surface area (Å²) < 4.78 is 10.5. The van der Waals surface area contributed by atoms with Gasteiger partial charge in [0.25, 0.3) is 0 Å². The van der Waals surface area contributed by atoms with Gasteiger partial charge in [0.15, 0.2) is 11.5 Å². The van der Waals surface area contributed by atoms with Crippen LogP contribution in [0.2, 0.25) is 5.02 Å². The zero-order valence-corrected chi connectivity index (χ0v) is 16.0. The normalized spacial score (nSPS) is 16.3. The van der Waals surface area contributed by atoms with Crippen molar-refractivity contribution in [1.29, 1.82) is 0 Å². The van der Waals surface area contributed by atoms with Crippen LogP contribution in [-0.2, 0) is 16.1 Å². The van der Waals surface area contributed by atoms with Gasteiger partial charge in [-0.2, -0.15) is 0 Å². The maximum Gasteiger partial charge on any atom is 0.243 e. The van der Waals surface area contributed by atoms with E-state index in [1.165, 1.54) is 0 Å². The van der Waals surface area contributed by atoms with Crippen LogP contribution in [0.3, 0.4) is 0 Å². The van der Waals surface area contributed by atoms with E-state index in [4.69, 9.17) is 21.1 Å². The quantitative estimate of drug-likeness (QED) is 0.825. The first kappa shape index (κ1) is 19.0. The molecule has 0 radical (unpaired) electrons. The molecule has 1 fully saturated rings. The fraction of sp³-hybridized carbons (Fsp3) is 0.300. The Bertz CT molecular complexity index is 838. The highest BCUT2D eigenvalue weighted by molar-refractivity contribution is 6.30. The van der Waals surface area contributed by atoms with Gasteiger partial charge in [-0.1, -0.05) is 17.7 Å². The van der Waals surface area contributed by atoms with Crippen molar-refractivity contribution in [3.63, 3.8) is 0 Å². The Hall–Kier alpha value is -2.73. The molecule has 6 nitrogen and oxygen atoms in total. The summed E-state index contributed by atoms with van der Waals surface area (Å²) in [6.07, 6.45) is 0.830. The maximum absolute atomic E-state index is 12.7. The Kier molecular flexibility index (Phi) is 5.86. The Balaban J connectivity index is 1.70. The number of carbonyl (C=O) groups is 2. The zero-order valence-electron chi connectivity index (χ0n) is 15.2. The van der Waals surface area contributed by atoms with Gasteiger partial charge >= 0.3 is 0 Å². The summed E-state index contributed by atoms with van der Waals surface area (Å²) in [6, 6.07) is 11.9. The smallest absolute Gasteiger partial charge is 0.243 e. The van der Waals surface area contributed by atoms with Crippen LogP contribution in [0.5, 0.6) is 11.5 Å². The van der Waals surface area contributed by atoms with E-state index in [2.05, 4.69) is 5.32 Å². The zero-order chi connectivity index (χ0) is 19.4. The Morgan fingerprint density at radius 3 is 2.52 bits per heavy atom. The molecule has 0 spiro atoms. The fourth-order valence-electron chi connectivity index (χ4n) is 3.16. The standard InChI is InChI=1S/C20H21ClN2O4/c1-26-17-9-3-13(11-18(17)27-2)12-22-20(25)16-8-10-19(24)23(16)15-6-4-14(21)5-7-15/h3-7,9,11,16H,8,10,12H2,1-2H3,(H,22,25). The average molecular weight is 389 g/mol. The molecule has 1 atom stereocenters. The highest BCUT2D eigenvalue weighted by atomic mass is 35.5. The summed E-state index contributed by atoms with van der Waals surface area (Å²) in [6.45, 7) is 0.332. The molecule has 1 heterocycles. The summed E-state index contributed by atoms with van der Waals surface area (Å²) >= 11 is 5.92. The van der Waals surface area contributed by atoms with E-state index in [1.807, 2.05) is 12.1 Å². The van der Waals surface area contributed by atoms with Gasteiger partial charge in [0.2, 0.25) is 11.8 Å². The van der Waals surface area contributed by atoms with E-state index in [1.54, 1.807) is 49.5 Å². The van der Waals surface area contributed by atoms with Crippen molar-refractivity contribution in [1.82, 2.24) is 5.32 Å². The van der Waals surface area contributed by atoms with Crippen LogP contribution in [0.1, 0.15) is 18.4 Å². The number of anilines is 1. The molecule has 2 aromatic rings. The van der Waals surface area contributed by atoms with E-state index in [0.717, 1.165) is 5.56 Å². The third kappa shape index (κ3) is 4.17. The largest absolute Gasteiger partial charge is 0.493 e. The molecule has 0 aromatic heterocycles. The van der Waals surface area contributed by atoms with Gasteiger partial charge in [0.1, 0.15) is 6.04 Å². The van der Waals surface area contributed by atoms with Gasteiger partial charge < -0.3 is 14.8 Å². The molecule has 0 saturated carbocycles. The molecule has 1 saturated heterocycles. The number of hydrogen-bond donors (Lipinski definition) is 1. The highest BCUT2D eigenvalue weighted by Crippen LogP contribution is 2.29. The second-order valence-corrected chi connectivity index (χ2v) is 6.64. The van der Waals surface area contributed by atoms with Gasteiger partial charge in [-0.3, -0.25) is 14.5 Å². The number of rotatable bonds is 6. The number of nitrogens with one attached hydrogen (secondary N) is 1. The predicted octanol–water partition coefficient (Wildman–Crippen LogP) is 3.17. The summed E-state index contributed by atoms with van der Waals surface area (Å²) in [4.78, 5) is 26.5. The number of methoxy groups -OCH3 is 2. The van der Waals surface area contributed by atoms with Crippen LogP contribution in [0.15, 0.2) is 42.5 Å². The highest BCUT2D eigenvalue weighted by Gasteiger charge is 2.36. The SMILES string of the molecule is COc1ccc(CNC(=O)C2CCC(=O)N2c2ccc(Cl)cc2)cc1OC. The summed E-state index contributed by atoms with van der Waals surface area (Å²) in [5.74, 6) is 0.972. The second kappa shape index (κ2) is 8.31. The molecule has 7 heteroatoms. The van der Waals surface area contributed by atoms with Gasteiger partial charge in [-0.05, 0) is 48.4 Å². The van der Waals surface area contributed by atoms with Crippen LogP contribution >= 0.6 is 11.6 Å². The number of hydrogen-bond acceptors (Lipinski definition) is 4. The summed E-state index contributed by atoms with van der Waals surface area (Å²) in [5, 5.41) is 3.49. The molecule has 3 rings (SSSR count). The van der Waals surface area contributed by atoms with Crippen LogP contribution in [0.4, 0.5) is 5.69 Å². The third-order valence-electron chi connectivity index (χ3n) is 4.53. The molecule has 2 aromatic carbocycles. The van der Waals surface area contributed by atoms with Crippen molar-refractivity contribution in [3.05, 3.63) is 53.1 Å². The first-order chi connectivity index (χ1) is 13.0. The molecule has 1 N–H and O–H groups in total. The maximum atomic E-state index is 12.7. The van der Waals surface area contributed by atoms with Crippen molar-refractivity contribution < 1.29 is 19.1 Å². The van der Waals surface area contributed by atoms with E-state index in [-0.39, 0.29) is 11.8 Å². The lowest BCUT2D eigenvalue weighted by Crippen LogP contribution is -2.44. The molecular formula is C20H21ClN2O4. The van der Waals surface area contributed by atoms with Crippen LogP contribution in [0.25, 0.3) is 0 Å². The molecular weight excluding hydrogens is 368 g/mol. The lowest BCUT2D eigenvalue weighted by molar-refractivity contribution is -0.124. The molecule has 142 valence electrons. The van der Waals surface area contributed by atoms with E-state index < -0.39 is 6.04 Å². The van der Waals surface area contributed by atoms with Gasteiger partial charge in [0, 0.05) is 23.7 Å². The topological polar surface area (TPSA) is 67.9 Å². The van der Waals surface area contributed by atoms with Crippen molar-refractivity contribution in [3.8, 4) is 11.5 Å². The Morgan fingerprint density at radius 2 is 1.85 bits per heavy atom. The minimum absolute atomic E-state index is 0.0661. The van der Waals surface area contributed by atoms with Crippen molar-refractivity contribution in [2.75, 3.05) is 19.1 Å². The number of carbonyl (C=O) groups excluding carboxylic acids is 2. The van der Waals surface area contributed by atoms with Gasteiger partial charge in [0.05, 0.1) is 14.2 Å². The van der Waals surface area contributed by atoms with Crippen LogP contribution in [0, 0.1) is 0 Å². The number of nitrogens with zero attached hydrogens (tertiary/aromatic N) is 1. The molecule has 0 bridgehead atoms. The summed E-state index contributed by atoms with van der Waals surface area (Å²) in [7, 11) is 3.14. The van der Waals surface area contributed by atoms with E-state index in [0.29, 0.717) is 41.6 Å². The first-order valence-electron chi connectivity index (χ1n) is 8.59. The molecule has 1 aliphatic heterocycles. The monoisotopic (exact) mass is 388 g/mol. The van der Waals surface area contributed by atoms with Crippen molar-refractivity contribution in [2.24, 2.45) is 0 Å². The summed E-state index contributed by atoms with van der Waals surface area (Å²) in [5.41, 5.74) is 1.55. The molecule has 0 aliphatic carbocycles. The van der Waals surface area contributed by atoms with Crippen LogP contribution < -0.4 is 19.7 Å². The lowest BCUT2D eigenvalue weighted by atomic mass is 10.1. The molecule has 2 amide bonds. The third-order valence-corrected chi connectivity index (χ3v) is 4.79. The molecule has 27 heavy (non-hydrogen) atoms. The van der Waals surface area contributed by atoms with E-state index >= 15 is 0 Å². The average Bonchev–Trinajstić information content (AvgIpc) is 3.08. The number of ether oxygens (including phenoxy) is 2. The second-order valence-electron chi connectivity index (χ2n) is 6.20.